The van der Waals surface area contributed by atoms with Gasteiger partial charge in [-0.1, -0.05) is 29.8 Å². The highest BCUT2D eigenvalue weighted by Gasteiger charge is 2.44. The van der Waals surface area contributed by atoms with Crippen LogP contribution in [0.2, 0.25) is 0 Å². The van der Waals surface area contributed by atoms with E-state index in [1.54, 1.807) is 25.1 Å². The minimum absolute atomic E-state index is 0.0276. The molecule has 4 aromatic rings. The first-order chi connectivity index (χ1) is 18.5. The lowest BCUT2D eigenvalue weighted by molar-refractivity contribution is -0.125. The number of alkyl halides is 2. The van der Waals surface area contributed by atoms with Gasteiger partial charge in [-0.3, -0.25) is 4.79 Å². The topological polar surface area (TPSA) is 113 Å². The predicted octanol–water partition coefficient (Wildman–Crippen LogP) is 5.08. The molecule has 1 N–H and O–H groups in total. The van der Waals surface area contributed by atoms with E-state index in [1.807, 2.05) is 13.8 Å². The molecule has 0 radical (unpaired) electrons. The van der Waals surface area contributed by atoms with Crippen LogP contribution in [0.3, 0.4) is 0 Å². The maximum absolute atomic E-state index is 13.9. The van der Waals surface area contributed by atoms with E-state index >= 15 is 0 Å². The monoisotopic (exact) mass is 559 g/mol. The van der Waals surface area contributed by atoms with Crippen molar-refractivity contribution in [1.29, 1.82) is 0 Å². The van der Waals surface area contributed by atoms with Crippen LogP contribution in [-0.2, 0) is 28.0 Å². The van der Waals surface area contributed by atoms with Gasteiger partial charge >= 0.3 is 6.61 Å². The van der Waals surface area contributed by atoms with Gasteiger partial charge in [0.25, 0.3) is 10.0 Å². The van der Waals surface area contributed by atoms with Crippen molar-refractivity contribution >= 4 is 26.8 Å². The average molecular weight is 560 g/mol. The zero-order valence-electron chi connectivity index (χ0n) is 21.5. The molecule has 0 atom stereocenters. The van der Waals surface area contributed by atoms with Crippen LogP contribution in [0.4, 0.5) is 8.78 Å². The predicted molar refractivity (Wildman–Crippen MR) is 137 cm³/mol. The Balaban J connectivity index is 1.62. The molecule has 39 heavy (non-hydrogen) atoms. The number of ether oxygens (including phenoxy) is 2. The van der Waals surface area contributed by atoms with Crippen LogP contribution >= 0.6 is 0 Å². The third-order valence-electron chi connectivity index (χ3n) is 6.69. The molecule has 2 aromatic heterocycles. The van der Waals surface area contributed by atoms with Crippen molar-refractivity contribution in [2.75, 3.05) is 0 Å². The molecule has 2 aromatic carbocycles. The Hall–Kier alpha value is -3.93. The molecule has 0 bridgehead atoms. The Kier molecular flexibility index (Phi) is 6.83. The fraction of sp³-hybridized carbons (Fsp3) is 0.333. The van der Waals surface area contributed by atoms with Gasteiger partial charge in [0, 0.05) is 22.9 Å². The van der Waals surface area contributed by atoms with Crippen molar-refractivity contribution in [3.8, 4) is 11.5 Å². The largest absolute Gasteiger partial charge is 0.482 e. The molecular formula is C27H27F2N3O6S. The van der Waals surface area contributed by atoms with E-state index in [9.17, 15) is 22.0 Å². The Bertz CT molecular complexity index is 1640. The Morgan fingerprint density at radius 1 is 1.13 bits per heavy atom. The molecule has 1 aliphatic rings. The molecular weight excluding hydrogens is 532 g/mol. The smallest absolute Gasteiger partial charge is 0.387 e. The number of nitrogens with one attached hydrogen (secondary N) is 1. The van der Waals surface area contributed by atoms with E-state index in [1.165, 1.54) is 30.3 Å². The first-order valence-corrected chi connectivity index (χ1v) is 13.7. The maximum Gasteiger partial charge on any atom is 0.387 e. The zero-order chi connectivity index (χ0) is 27.9. The summed E-state index contributed by atoms with van der Waals surface area (Å²) in [7, 11) is -4.16. The number of fused-ring (bicyclic) bond motifs is 1. The lowest BCUT2D eigenvalue weighted by Gasteiger charge is -2.16. The summed E-state index contributed by atoms with van der Waals surface area (Å²) in [5, 5.41) is 6.90. The highest BCUT2D eigenvalue weighted by Crippen LogP contribution is 2.45. The van der Waals surface area contributed by atoms with Gasteiger partial charge in [-0.05, 0) is 51.0 Å². The molecule has 2 heterocycles. The van der Waals surface area contributed by atoms with Crippen molar-refractivity contribution < 1.29 is 36.0 Å². The third kappa shape index (κ3) is 5.47. The van der Waals surface area contributed by atoms with Gasteiger partial charge in [-0.2, -0.15) is 8.78 Å². The molecule has 12 heteroatoms. The summed E-state index contributed by atoms with van der Waals surface area (Å²) in [6.07, 6.45) is 1.51. The Labute approximate surface area is 223 Å². The molecule has 9 nitrogen and oxygen atoms in total. The first-order valence-electron chi connectivity index (χ1n) is 12.2. The minimum atomic E-state index is -4.16. The molecule has 1 saturated carbocycles. The fourth-order valence-electron chi connectivity index (χ4n) is 4.20. The number of amides is 1. The van der Waals surface area contributed by atoms with Gasteiger partial charge in [-0.25, -0.2) is 12.4 Å². The summed E-state index contributed by atoms with van der Waals surface area (Å²) in [6.45, 7) is 2.01. The number of aromatic nitrogens is 2. The number of nitrogens with zero attached hydrogens (tertiary/aromatic N) is 2. The number of carbonyl (C=O) groups is 1. The Morgan fingerprint density at radius 2 is 1.85 bits per heavy atom. The van der Waals surface area contributed by atoms with Crippen LogP contribution in [0.25, 0.3) is 10.9 Å². The number of carbonyl (C=O) groups excluding carboxylic acids is 1. The second-order valence-corrected chi connectivity index (χ2v) is 11.7. The number of aryl methyl sites for hydroxylation is 2. The van der Waals surface area contributed by atoms with Crippen molar-refractivity contribution in [3.05, 3.63) is 71.2 Å². The van der Waals surface area contributed by atoms with Crippen molar-refractivity contribution in [2.45, 2.75) is 58.3 Å². The standard InChI is InChI=1S/C27H27F2N3O6S/c1-16-4-6-21(7-5-16)39(34,35)32-19(14-30-25(33)27(3)8-9-27)11-18-12-24(37-26(28)29)23(13-22(18)32)36-15-20-10-17(2)31-38-20/h4-7,10-13,26H,8-9,14-15H2,1-3H3,(H,30,33). The molecule has 0 spiro atoms. The van der Waals surface area contributed by atoms with E-state index in [0.29, 0.717) is 16.8 Å². The summed E-state index contributed by atoms with van der Waals surface area (Å²) in [4.78, 5) is 12.7. The van der Waals surface area contributed by atoms with E-state index in [-0.39, 0.29) is 46.7 Å². The SMILES string of the molecule is Cc1ccc(S(=O)(=O)n2c(CNC(=O)C3(C)CC3)cc3cc(OC(F)F)c(OCc4cc(C)no4)cc32)cc1. The van der Waals surface area contributed by atoms with Gasteiger partial charge in [0.15, 0.2) is 17.3 Å². The number of hydrogen-bond donors (Lipinski definition) is 1. The van der Waals surface area contributed by atoms with Gasteiger partial charge in [0.1, 0.15) is 6.61 Å². The average Bonchev–Trinajstić information content (AvgIpc) is 3.33. The molecule has 5 rings (SSSR count). The molecule has 1 amide bonds. The molecule has 0 saturated heterocycles. The summed E-state index contributed by atoms with van der Waals surface area (Å²) >= 11 is 0. The fourth-order valence-corrected chi connectivity index (χ4v) is 5.74. The highest BCUT2D eigenvalue weighted by molar-refractivity contribution is 7.90. The summed E-state index contributed by atoms with van der Waals surface area (Å²) < 4.78 is 71.0. The lowest BCUT2D eigenvalue weighted by Crippen LogP contribution is -2.31. The van der Waals surface area contributed by atoms with Crippen molar-refractivity contribution in [2.24, 2.45) is 5.41 Å². The van der Waals surface area contributed by atoms with Crippen LogP contribution in [0.5, 0.6) is 11.5 Å². The van der Waals surface area contributed by atoms with Crippen LogP contribution in [0.15, 0.2) is 57.9 Å². The maximum atomic E-state index is 13.9. The van der Waals surface area contributed by atoms with E-state index in [4.69, 9.17) is 14.0 Å². The summed E-state index contributed by atoms with van der Waals surface area (Å²) in [6, 6.07) is 12.1. The first kappa shape index (κ1) is 26.7. The molecule has 206 valence electrons. The molecule has 1 fully saturated rings. The summed E-state index contributed by atoms with van der Waals surface area (Å²) in [5.41, 5.74) is 1.43. The number of benzene rings is 2. The number of rotatable bonds is 10. The minimum Gasteiger partial charge on any atom is -0.482 e. The van der Waals surface area contributed by atoms with Crippen LogP contribution in [0.1, 0.15) is 42.5 Å². The molecule has 0 aliphatic heterocycles. The van der Waals surface area contributed by atoms with E-state index in [0.717, 1.165) is 22.4 Å². The van der Waals surface area contributed by atoms with Gasteiger partial charge in [0.05, 0.1) is 28.3 Å². The van der Waals surface area contributed by atoms with Crippen molar-refractivity contribution in [1.82, 2.24) is 14.4 Å². The quantitative estimate of drug-likeness (QED) is 0.288. The van der Waals surface area contributed by atoms with Gasteiger partial charge in [0.2, 0.25) is 5.91 Å². The third-order valence-corrected chi connectivity index (χ3v) is 8.47. The highest BCUT2D eigenvalue weighted by atomic mass is 32.2. The van der Waals surface area contributed by atoms with E-state index < -0.39 is 22.0 Å². The molecule has 0 unspecified atom stereocenters. The number of halogens is 2. The normalized spacial score (nSPS) is 14.5. The molecule has 1 aliphatic carbocycles. The van der Waals surface area contributed by atoms with Gasteiger partial charge < -0.3 is 19.3 Å². The van der Waals surface area contributed by atoms with E-state index in [2.05, 4.69) is 10.5 Å². The zero-order valence-corrected chi connectivity index (χ0v) is 22.3. The number of hydrogen-bond acceptors (Lipinski definition) is 7. The van der Waals surface area contributed by atoms with Crippen LogP contribution < -0.4 is 14.8 Å². The Morgan fingerprint density at radius 3 is 2.46 bits per heavy atom. The summed E-state index contributed by atoms with van der Waals surface area (Å²) in [5.74, 6) is -0.230. The second-order valence-electron chi connectivity index (χ2n) is 9.92. The van der Waals surface area contributed by atoms with Gasteiger partial charge in [-0.15, -0.1) is 0 Å². The second kappa shape index (κ2) is 9.99. The van der Waals surface area contributed by atoms with Crippen molar-refractivity contribution in [3.63, 3.8) is 0 Å². The lowest BCUT2D eigenvalue weighted by atomic mass is 10.1. The van der Waals surface area contributed by atoms with Crippen LogP contribution in [-0.4, -0.2) is 30.1 Å². The van der Waals surface area contributed by atoms with Crippen LogP contribution in [0, 0.1) is 19.3 Å².